The van der Waals surface area contributed by atoms with E-state index in [1.54, 1.807) is 12.4 Å². The Kier molecular flexibility index (Phi) is 5.75. The van der Waals surface area contributed by atoms with Crippen LogP contribution in [-0.4, -0.2) is 32.6 Å². The van der Waals surface area contributed by atoms with Crippen LogP contribution in [0.4, 0.5) is 11.8 Å². The van der Waals surface area contributed by atoms with Crippen LogP contribution >= 0.6 is 15.9 Å². The highest BCUT2D eigenvalue weighted by molar-refractivity contribution is 9.10. The lowest BCUT2D eigenvalue weighted by molar-refractivity contribution is -0.134. The first-order chi connectivity index (χ1) is 12.6. The predicted octanol–water partition coefficient (Wildman–Crippen LogP) is 3.41. The van der Waals surface area contributed by atoms with Crippen molar-refractivity contribution >= 4 is 33.7 Å². The summed E-state index contributed by atoms with van der Waals surface area (Å²) >= 11 is 3.52. The van der Waals surface area contributed by atoms with E-state index in [2.05, 4.69) is 41.5 Å². The van der Waals surface area contributed by atoms with Crippen molar-refractivity contribution < 1.29 is 9.90 Å². The zero-order valence-corrected chi connectivity index (χ0v) is 15.3. The van der Waals surface area contributed by atoms with Crippen LogP contribution in [0.15, 0.2) is 59.3 Å². The highest BCUT2D eigenvalue weighted by Gasteiger charge is 2.08. The summed E-state index contributed by atoms with van der Waals surface area (Å²) in [5, 5.41) is 14.8. The molecule has 0 saturated carbocycles. The van der Waals surface area contributed by atoms with Crippen molar-refractivity contribution in [2.24, 2.45) is 0 Å². The molecule has 26 heavy (non-hydrogen) atoms. The van der Waals surface area contributed by atoms with Crippen molar-refractivity contribution in [2.45, 2.75) is 6.54 Å². The Morgan fingerprint density at radius 2 is 1.85 bits per heavy atom. The second kappa shape index (κ2) is 8.39. The highest BCUT2D eigenvalue weighted by atomic mass is 79.9. The zero-order valence-electron chi connectivity index (χ0n) is 13.7. The second-order valence-corrected chi connectivity index (χ2v) is 6.24. The summed E-state index contributed by atoms with van der Waals surface area (Å²) in [4.78, 5) is 23.6. The molecular formula is C18H16BrN5O2. The number of carboxylic acids is 1. The van der Waals surface area contributed by atoms with E-state index in [1.165, 1.54) is 0 Å². The van der Waals surface area contributed by atoms with Gasteiger partial charge in [-0.15, -0.1) is 0 Å². The number of rotatable bonds is 7. The lowest BCUT2D eigenvalue weighted by Crippen LogP contribution is -2.15. The number of carboxylic acid groups (broad SMARTS) is 1. The molecule has 0 aliphatic carbocycles. The van der Waals surface area contributed by atoms with E-state index < -0.39 is 5.97 Å². The van der Waals surface area contributed by atoms with E-state index in [9.17, 15) is 4.79 Å². The third-order valence-corrected chi connectivity index (χ3v) is 4.29. The molecule has 0 aliphatic rings. The lowest BCUT2D eigenvalue weighted by atomic mass is 10.2. The van der Waals surface area contributed by atoms with Gasteiger partial charge in [0.25, 0.3) is 0 Å². The smallest absolute Gasteiger partial charge is 0.322 e. The molecule has 0 aliphatic heterocycles. The molecule has 2 aromatic heterocycles. The van der Waals surface area contributed by atoms with Gasteiger partial charge in [0, 0.05) is 35.0 Å². The molecule has 132 valence electrons. The van der Waals surface area contributed by atoms with Gasteiger partial charge in [0.1, 0.15) is 12.4 Å². The summed E-state index contributed by atoms with van der Waals surface area (Å²) in [6.07, 6.45) is 3.35. The van der Waals surface area contributed by atoms with Gasteiger partial charge in [-0.2, -0.15) is 4.98 Å². The molecule has 0 saturated heterocycles. The largest absolute Gasteiger partial charge is 0.480 e. The number of nitrogens with zero attached hydrogens (tertiary/aromatic N) is 3. The maximum atomic E-state index is 10.8. The molecule has 3 aromatic rings. The van der Waals surface area contributed by atoms with Gasteiger partial charge in [0.05, 0.1) is 5.69 Å². The number of halogens is 1. The highest BCUT2D eigenvalue weighted by Crippen LogP contribution is 2.22. The van der Waals surface area contributed by atoms with Gasteiger partial charge in [-0.05, 0) is 23.8 Å². The quantitative estimate of drug-likeness (QED) is 0.545. The van der Waals surface area contributed by atoms with E-state index in [4.69, 9.17) is 5.11 Å². The van der Waals surface area contributed by atoms with Crippen molar-refractivity contribution in [3.63, 3.8) is 0 Å². The van der Waals surface area contributed by atoms with Gasteiger partial charge in [-0.3, -0.25) is 9.78 Å². The van der Waals surface area contributed by atoms with Gasteiger partial charge in [-0.25, -0.2) is 4.98 Å². The molecule has 7 nitrogen and oxygen atoms in total. The average Bonchev–Trinajstić information content (AvgIpc) is 2.66. The summed E-state index contributed by atoms with van der Waals surface area (Å²) in [6, 6.07) is 13.4. The number of carbonyl (C=O) groups is 1. The fourth-order valence-corrected chi connectivity index (χ4v) is 2.69. The SMILES string of the molecule is O=C(O)CNc1nc(NCc2ccccc2Br)cc(-c2ccncc2)n1. The number of nitrogens with one attached hydrogen (secondary N) is 2. The molecule has 8 heteroatoms. The minimum absolute atomic E-state index is 0.247. The van der Waals surface area contributed by atoms with Gasteiger partial charge < -0.3 is 15.7 Å². The minimum atomic E-state index is -0.981. The zero-order chi connectivity index (χ0) is 18.4. The average molecular weight is 414 g/mol. The van der Waals surface area contributed by atoms with Crippen LogP contribution in [0.1, 0.15) is 5.56 Å². The maximum absolute atomic E-state index is 10.8. The molecule has 0 spiro atoms. The third kappa shape index (κ3) is 4.76. The molecule has 0 atom stereocenters. The Balaban J connectivity index is 1.86. The van der Waals surface area contributed by atoms with Crippen LogP contribution < -0.4 is 10.6 Å². The molecule has 1 aromatic carbocycles. The number of aliphatic carboxylic acids is 1. The Hall–Kier alpha value is -3.00. The molecule has 0 unspecified atom stereocenters. The first-order valence-electron chi connectivity index (χ1n) is 7.84. The van der Waals surface area contributed by atoms with Gasteiger partial charge in [0.15, 0.2) is 0 Å². The van der Waals surface area contributed by atoms with E-state index >= 15 is 0 Å². The number of anilines is 2. The Morgan fingerprint density at radius 3 is 2.58 bits per heavy atom. The molecule has 0 amide bonds. The monoisotopic (exact) mass is 413 g/mol. The topological polar surface area (TPSA) is 100 Å². The minimum Gasteiger partial charge on any atom is -0.480 e. The Morgan fingerprint density at radius 1 is 1.08 bits per heavy atom. The number of hydrogen-bond donors (Lipinski definition) is 3. The molecular weight excluding hydrogens is 398 g/mol. The maximum Gasteiger partial charge on any atom is 0.322 e. The Bertz CT molecular complexity index is 905. The van der Waals surface area contributed by atoms with Crippen LogP contribution in [0, 0.1) is 0 Å². The van der Waals surface area contributed by atoms with Crippen molar-refractivity contribution in [1.29, 1.82) is 0 Å². The van der Waals surface area contributed by atoms with E-state index in [0.717, 1.165) is 15.6 Å². The first kappa shape index (κ1) is 17.8. The normalized spacial score (nSPS) is 10.3. The van der Waals surface area contributed by atoms with Crippen LogP contribution in [0.5, 0.6) is 0 Å². The first-order valence-corrected chi connectivity index (χ1v) is 8.63. The van der Waals surface area contributed by atoms with E-state index in [1.807, 2.05) is 42.5 Å². The van der Waals surface area contributed by atoms with Gasteiger partial charge in [-0.1, -0.05) is 34.1 Å². The van der Waals surface area contributed by atoms with Crippen molar-refractivity contribution in [3.05, 3.63) is 64.9 Å². The molecule has 2 heterocycles. The number of benzene rings is 1. The number of pyridine rings is 1. The van der Waals surface area contributed by atoms with Crippen LogP contribution in [0.2, 0.25) is 0 Å². The van der Waals surface area contributed by atoms with Crippen LogP contribution in [-0.2, 0) is 11.3 Å². The van der Waals surface area contributed by atoms with Crippen LogP contribution in [0.3, 0.4) is 0 Å². The third-order valence-electron chi connectivity index (χ3n) is 3.52. The summed E-state index contributed by atoms with van der Waals surface area (Å²) in [5.74, 6) is -0.141. The second-order valence-electron chi connectivity index (χ2n) is 5.39. The molecule has 0 fully saturated rings. The van der Waals surface area contributed by atoms with Gasteiger partial charge in [0.2, 0.25) is 5.95 Å². The summed E-state index contributed by atoms with van der Waals surface area (Å²) in [7, 11) is 0. The van der Waals surface area contributed by atoms with E-state index in [0.29, 0.717) is 18.1 Å². The van der Waals surface area contributed by atoms with Crippen LogP contribution in [0.25, 0.3) is 11.3 Å². The summed E-state index contributed by atoms with van der Waals surface area (Å²) in [6.45, 7) is 0.302. The standard InChI is InChI=1S/C18H16BrN5O2/c19-14-4-2-1-3-13(14)10-21-16-9-15(12-5-7-20-8-6-12)23-18(24-16)22-11-17(25)26/h1-9H,10-11H2,(H,25,26)(H2,21,22,23,24). The van der Waals surface area contributed by atoms with E-state index in [-0.39, 0.29) is 12.5 Å². The van der Waals surface area contributed by atoms with Crippen molar-refractivity contribution in [2.75, 3.05) is 17.2 Å². The Labute approximate surface area is 158 Å². The predicted molar refractivity (Wildman–Crippen MR) is 103 cm³/mol. The van der Waals surface area contributed by atoms with Crippen molar-refractivity contribution in [3.8, 4) is 11.3 Å². The fourth-order valence-electron chi connectivity index (χ4n) is 2.27. The molecule has 0 bridgehead atoms. The summed E-state index contributed by atoms with van der Waals surface area (Å²) < 4.78 is 1.00. The number of aromatic nitrogens is 3. The fraction of sp³-hybridized carbons (Fsp3) is 0.111. The van der Waals surface area contributed by atoms with Gasteiger partial charge >= 0.3 is 5.97 Å². The number of hydrogen-bond acceptors (Lipinski definition) is 6. The molecule has 3 rings (SSSR count). The molecule has 0 radical (unpaired) electrons. The van der Waals surface area contributed by atoms with Crippen molar-refractivity contribution in [1.82, 2.24) is 15.0 Å². The molecule has 3 N–H and O–H groups in total. The summed E-state index contributed by atoms with van der Waals surface area (Å²) in [5.41, 5.74) is 2.62. The lowest BCUT2D eigenvalue weighted by Gasteiger charge is -2.11.